The molecule has 8 heteroatoms. The third-order valence-corrected chi connectivity index (χ3v) is 3.30. The van der Waals surface area contributed by atoms with Gasteiger partial charge in [-0.2, -0.15) is 0 Å². The molecule has 0 saturated heterocycles. The number of hydrogen-bond donors (Lipinski definition) is 0. The number of rotatable bonds is 4. The van der Waals surface area contributed by atoms with Crippen LogP contribution in [0.15, 0.2) is 18.2 Å². The largest absolute Gasteiger partial charge is 0.444 e. The quantitative estimate of drug-likeness (QED) is 0.482. The molecule has 1 unspecified atom stereocenters. The van der Waals surface area contributed by atoms with E-state index in [1.54, 1.807) is 20.8 Å². The maximum atomic E-state index is 14.2. The topological polar surface area (TPSA) is 89.8 Å². The van der Waals surface area contributed by atoms with Crippen LogP contribution in [-0.4, -0.2) is 34.9 Å². The average Bonchev–Trinajstić information content (AvgIpc) is 2.43. The van der Waals surface area contributed by atoms with Gasteiger partial charge < -0.3 is 9.53 Å². The maximum absolute atomic E-state index is 14.2. The lowest BCUT2D eigenvalue weighted by Gasteiger charge is -2.35. The van der Waals surface area contributed by atoms with E-state index >= 15 is 0 Å². The molecule has 1 atom stereocenters. The van der Waals surface area contributed by atoms with Crippen LogP contribution in [0.4, 0.5) is 14.9 Å². The Hall–Kier alpha value is -2.51. The highest BCUT2D eigenvalue weighted by atomic mass is 19.1. The number of ether oxygens (including phenoxy) is 1. The van der Waals surface area contributed by atoms with Crippen molar-refractivity contribution in [3.8, 4) is 0 Å². The minimum absolute atomic E-state index is 0.161. The molecule has 1 aromatic carbocycles. The van der Waals surface area contributed by atoms with E-state index in [2.05, 4.69) is 0 Å². The molecule has 0 heterocycles. The number of nitro groups is 1. The van der Waals surface area contributed by atoms with Gasteiger partial charge in [-0.05, 0) is 33.8 Å². The molecule has 0 N–H and O–H groups in total. The molecule has 0 aromatic heterocycles. The zero-order chi connectivity index (χ0) is 18.0. The first-order valence-electron chi connectivity index (χ1n) is 6.80. The summed E-state index contributed by atoms with van der Waals surface area (Å²) in [4.78, 5) is 34.6. The maximum Gasteiger partial charge on any atom is 0.411 e. The minimum Gasteiger partial charge on any atom is -0.444 e. The van der Waals surface area contributed by atoms with Crippen LogP contribution >= 0.6 is 0 Å². The molecule has 0 bridgehead atoms. The number of carbonyl (C=O) groups excluding carboxylic acids is 2. The first kappa shape index (κ1) is 18.5. The van der Waals surface area contributed by atoms with E-state index in [4.69, 9.17) is 4.74 Å². The molecule has 1 aromatic rings. The van der Waals surface area contributed by atoms with Crippen LogP contribution in [0.1, 0.15) is 33.3 Å². The number of amides is 1. The molecule has 0 fully saturated rings. The number of aldehydes is 1. The van der Waals surface area contributed by atoms with Gasteiger partial charge in [-0.15, -0.1) is 0 Å². The van der Waals surface area contributed by atoms with E-state index in [0.29, 0.717) is 12.4 Å². The third-order valence-electron chi connectivity index (χ3n) is 3.30. The van der Waals surface area contributed by atoms with Crippen molar-refractivity contribution >= 4 is 18.1 Å². The SMILES string of the molecule is CN(C(=O)OC(C)(C)C)C(C)(C=O)c1ccc([N+](=O)[O-])cc1F. The molecule has 1 amide bonds. The fourth-order valence-corrected chi connectivity index (χ4v) is 1.87. The van der Waals surface area contributed by atoms with Crippen molar-refractivity contribution in [2.75, 3.05) is 7.05 Å². The Labute approximate surface area is 133 Å². The van der Waals surface area contributed by atoms with E-state index in [0.717, 1.165) is 17.0 Å². The summed E-state index contributed by atoms with van der Waals surface area (Å²) in [5.74, 6) is -0.954. The van der Waals surface area contributed by atoms with Crippen molar-refractivity contribution in [2.45, 2.75) is 38.8 Å². The highest BCUT2D eigenvalue weighted by Gasteiger charge is 2.39. The van der Waals surface area contributed by atoms with Gasteiger partial charge in [0.2, 0.25) is 0 Å². The molecule has 0 aliphatic rings. The lowest BCUT2D eigenvalue weighted by Crippen LogP contribution is -2.48. The molecule has 0 aliphatic carbocycles. The van der Waals surface area contributed by atoms with E-state index in [1.807, 2.05) is 0 Å². The summed E-state index contributed by atoms with van der Waals surface area (Å²) in [6.07, 6.45) is -0.425. The third kappa shape index (κ3) is 4.02. The number of hydrogen-bond acceptors (Lipinski definition) is 5. The number of nitro benzene ring substituents is 1. The van der Waals surface area contributed by atoms with E-state index in [9.17, 15) is 24.1 Å². The number of nitrogens with zero attached hydrogens (tertiary/aromatic N) is 2. The predicted octanol–water partition coefficient (Wildman–Crippen LogP) is 3.01. The van der Waals surface area contributed by atoms with Gasteiger partial charge in [-0.3, -0.25) is 15.0 Å². The van der Waals surface area contributed by atoms with Gasteiger partial charge in [-0.1, -0.05) is 0 Å². The second-order valence-corrected chi connectivity index (χ2v) is 6.23. The Bertz CT molecular complexity index is 641. The first-order chi connectivity index (χ1) is 10.4. The summed E-state index contributed by atoms with van der Waals surface area (Å²) in [6.45, 7) is 6.30. The summed E-state index contributed by atoms with van der Waals surface area (Å²) >= 11 is 0. The summed E-state index contributed by atoms with van der Waals surface area (Å²) in [7, 11) is 1.29. The highest BCUT2D eigenvalue weighted by Crippen LogP contribution is 2.30. The van der Waals surface area contributed by atoms with Crippen LogP contribution in [0.2, 0.25) is 0 Å². The molecular formula is C15H19FN2O5. The van der Waals surface area contributed by atoms with Crippen LogP contribution < -0.4 is 0 Å². The second kappa shape index (κ2) is 6.31. The van der Waals surface area contributed by atoms with E-state index < -0.39 is 33.7 Å². The van der Waals surface area contributed by atoms with Gasteiger partial charge in [0.05, 0.1) is 11.0 Å². The predicted molar refractivity (Wildman–Crippen MR) is 80.5 cm³/mol. The van der Waals surface area contributed by atoms with Gasteiger partial charge in [-0.25, -0.2) is 9.18 Å². The van der Waals surface area contributed by atoms with Crippen molar-refractivity contribution in [3.63, 3.8) is 0 Å². The van der Waals surface area contributed by atoms with Gasteiger partial charge >= 0.3 is 6.09 Å². The van der Waals surface area contributed by atoms with Gasteiger partial charge in [0.25, 0.3) is 5.69 Å². The molecule has 0 spiro atoms. The number of benzene rings is 1. The number of carbonyl (C=O) groups is 2. The fourth-order valence-electron chi connectivity index (χ4n) is 1.87. The second-order valence-electron chi connectivity index (χ2n) is 6.23. The lowest BCUT2D eigenvalue weighted by molar-refractivity contribution is -0.385. The molecule has 0 saturated carbocycles. The van der Waals surface area contributed by atoms with Crippen LogP contribution in [0.3, 0.4) is 0 Å². The summed E-state index contributed by atoms with van der Waals surface area (Å²) in [6, 6.07) is 2.89. The molecule has 0 radical (unpaired) electrons. The summed E-state index contributed by atoms with van der Waals surface area (Å²) in [5, 5.41) is 10.7. The zero-order valence-corrected chi connectivity index (χ0v) is 13.6. The zero-order valence-electron chi connectivity index (χ0n) is 13.6. The number of halogens is 1. The van der Waals surface area contributed by atoms with Crippen molar-refractivity contribution < 1.29 is 23.6 Å². The fraction of sp³-hybridized carbons (Fsp3) is 0.467. The molecule has 23 heavy (non-hydrogen) atoms. The van der Waals surface area contributed by atoms with Gasteiger partial charge in [0.1, 0.15) is 23.2 Å². The number of non-ortho nitro benzene ring substituents is 1. The van der Waals surface area contributed by atoms with E-state index in [1.165, 1.54) is 14.0 Å². The van der Waals surface area contributed by atoms with Crippen molar-refractivity contribution in [3.05, 3.63) is 39.7 Å². The van der Waals surface area contributed by atoms with Crippen molar-refractivity contribution in [1.82, 2.24) is 4.90 Å². The Kier molecular flexibility index (Phi) is 5.09. The number of likely N-dealkylation sites (N-methyl/N-ethyl adjacent to an activating group) is 1. The summed E-state index contributed by atoms with van der Waals surface area (Å²) < 4.78 is 19.4. The molecule has 7 nitrogen and oxygen atoms in total. The first-order valence-corrected chi connectivity index (χ1v) is 6.80. The lowest BCUT2D eigenvalue weighted by atomic mass is 9.91. The van der Waals surface area contributed by atoms with Crippen LogP contribution in [0, 0.1) is 15.9 Å². The average molecular weight is 326 g/mol. The molecule has 126 valence electrons. The van der Waals surface area contributed by atoms with Crippen molar-refractivity contribution in [2.24, 2.45) is 0 Å². The monoisotopic (exact) mass is 326 g/mol. The van der Waals surface area contributed by atoms with Gasteiger partial charge in [0.15, 0.2) is 0 Å². The van der Waals surface area contributed by atoms with Crippen LogP contribution in [0.25, 0.3) is 0 Å². The van der Waals surface area contributed by atoms with Crippen LogP contribution in [0.5, 0.6) is 0 Å². The Morgan fingerprint density at radius 3 is 2.30 bits per heavy atom. The standard InChI is InChI=1S/C15H19FN2O5/c1-14(2,3)23-13(20)17(5)15(4,9-19)11-7-6-10(18(21)22)8-12(11)16/h6-9H,1-5H3. The van der Waals surface area contributed by atoms with Gasteiger partial charge in [0, 0.05) is 18.7 Å². The normalized spacial score (nSPS) is 13.8. The Morgan fingerprint density at radius 2 is 1.91 bits per heavy atom. The molecule has 0 aliphatic heterocycles. The Balaban J connectivity index is 3.26. The molecule has 1 rings (SSSR count). The van der Waals surface area contributed by atoms with Crippen LogP contribution in [-0.2, 0) is 15.1 Å². The van der Waals surface area contributed by atoms with E-state index in [-0.39, 0.29) is 5.56 Å². The molecular weight excluding hydrogens is 307 g/mol. The summed E-state index contributed by atoms with van der Waals surface area (Å²) in [5.41, 5.74) is -3.06. The van der Waals surface area contributed by atoms with Crippen molar-refractivity contribution in [1.29, 1.82) is 0 Å². The highest BCUT2D eigenvalue weighted by molar-refractivity contribution is 5.78. The Morgan fingerprint density at radius 1 is 1.35 bits per heavy atom. The smallest absolute Gasteiger partial charge is 0.411 e. The minimum atomic E-state index is -1.67.